The van der Waals surface area contributed by atoms with E-state index in [1.807, 2.05) is 12.1 Å². The Hall–Kier alpha value is -3.36. The van der Waals surface area contributed by atoms with Crippen LogP contribution in [-0.2, 0) is 11.3 Å². The van der Waals surface area contributed by atoms with E-state index < -0.39 is 0 Å². The molecule has 1 unspecified atom stereocenters. The van der Waals surface area contributed by atoms with E-state index in [4.69, 9.17) is 16.3 Å². The van der Waals surface area contributed by atoms with Gasteiger partial charge in [-0.3, -0.25) is 4.79 Å². The number of carbonyl (C=O) groups is 1. The van der Waals surface area contributed by atoms with Crippen LogP contribution in [0.25, 0.3) is 0 Å². The molecule has 176 valence electrons. The number of amides is 1. The van der Waals surface area contributed by atoms with Gasteiger partial charge in [0.2, 0.25) is 5.95 Å². The van der Waals surface area contributed by atoms with Crippen molar-refractivity contribution in [2.24, 2.45) is 0 Å². The second-order valence-corrected chi connectivity index (χ2v) is 8.87. The van der Waals surface area contributed by atoms with Gasteiger partial charge in [-0.1, -0.05) is 23.7 Å². The summed E-state index contributed by atoms with van der Waals surface area (Å²) in [6, 6.07) is 13.9. The highest BCUT2D eigenvalue weighted by Gasteiger charge is 2.27. The number of rotatable bonds is 5. The van der Waals surface area contributed by atoms with E-state index in [1.165, 1.54) is 31.1 Å². The van der Waals surface area contributed by atoms with Crippen molar-refractivity contribution in [1.82, 2.24) is 15.3 Å². The Kier molecular flexibility index (Phi) is 6.51. The number of benzene rings is 2. The van der Waals surface area contributed by atoms with Gasteiger partial charge in [0.1, 0.15) is 5.02 Å². The van der Waals surface area contributed by atoms with Crippen LogP contribution in [0.15, 0.2) is 48.7 Å². The monoisotopic (exact) mass is 478 g/mol. The highest BCUT2D eigenvalue weighted by atomic mass is 35.5. The van der Waals surface area contributed by atoms with Gasteiger partial charge in [0.15, 0.2) is 5.82 Å². The number of ether oxygens (including phenoxy) is 1. The van der Waals surface area contributed by atoms with Crippen LogP contribution in [-0.4, -0.2) is 42.1 Å². The zero-order valence-corrected chi connectivity index (χ0v) is 19.7. The molecule has 3 N–H and O–H groups in total. The molecule has 0 saturated carbocycles. The number of piperidine rings is 1. The van der Waals surface area contributed by atoms with E-state index in [9.17, 15) is 4.79 Å². The second kappa shape index (κ2) is 9.87. The summed E-state index contributed by atoms with van der Waals surface area (Å²) in [5.74, 6) is 0.606. The molecule has 2 aromatic carbocycles. The highest BCUT2D eigenvalue weighted by molar-refractivity contribution is 6.33. The summed E-state index contributed by atoms with van der Waals surface area (Å²) in [7, 11) is 1.59. The van der Waals surface area contributed by atoms with Crippen LogP contribution >= 0.6 is 11.6 Å². The van der Waals surface area contributed by atoms with E-state index >= 15 is 0 Å². The largest absolute Gasteiger partial charge is 0.375 e. The molecule has 5 rings (SSSR count). The summed E-state index contributed by atoms with van der Waals surface area (Å²) < 4.78 is 5.98. The normalized spacial score (nSPS) is 17.2. The molecule has 1 fully saturated rings. The van der Waals surface area contributed by atoms with Gasteiger partial charge in [-0.25, -0.2) is 4.98 Å². The SMILES string of the molecule is CNC(=O)c1ccccc1Nc1nc(Nc2ccc3c(c2)COCC2CCCCN32)ncc1Cl. The molecule has 8 nitrogen and oxygen atoms in total. The molecular weight excluding hydrogens is 452 g/mol. The first-order valence-corrected chi connectivity index (χ1v) is 11.8. The molecule has 0 bridgehead atoms. The van der Waals surface area contributed by atoms with Crippen molar-refractivity contribution in [1.29, 1.82) is 0 Å². The Morgan fingerprint density at radius 1 is 1.18 bits per heavy atom. The minimum Gasteiger partial charge on any atom is -0.375 e. The Labute approximate surface area is 203 Å². The summed E-state index contributed by atoms with van der Waals surface area (Å²) in [6.45, 7) is 2.42. The van der Waals surface area contributed by atoms with Crippen molar-refractivity contribution in [3.8, 4) is 0 Å². The van der Waals surface area contributed by atoms with Gasteiger partial charge in [0.05, 0.1) is 36.7 Å². The summed E-state index contributed by atoms with van der Waals surface area (Å²) >= 11 is 6.35. The topological polar surface area (TPSA) is 91.4 Å². The quantitative estimate of drug-likeness (QED) is 0.482. The van der Waals surface area contributed by atoms with E-state index in [0.717, 1.165) is 24.4 Å². The minimum absolute atomic E-state index is 0.199. The van der Waals surface area contributed by atoms with Gasteiger partial charge < -0.3 is 25.6 Å². The maximum absolute atomic E-state index is 12.2. The van der Waals surface area contributed by atoms with Crippen molar-refractivity contribution in [3.63, 3.8) is 0 Å². The Morgan fingerprint density at radius 2 is 2.06 bits per heavy atom. The molecule has 3 heterocycles. The summed E-state index contributed by atoms with van der Waals surface area (Å²) in [4.78, 5) is 23.6. The number of carbonyl (C=O) groups excluding carboxylic acids is 1. The van der Waals surface area contributed by atoms with Crippen molar-refractivity contribution < 1.29 is 9.53 Å². The summed E-state index contributed by atoms with van der Waals surface area (Å²) in [5.41, 5.74) is 4.37. The predicted octanol–water partition coefficient (Wildman–Crippen LogP) is 4.87. The van der Waals surface area contributed by atoms with E-state index in [2.05, 4.69) is 43.0 Å². The van der Waals surface area contributed by atoms with Crippen LogP contribution in [0.4, 0.5) is 28.8 Å². The van der Waals surface area contributed by atoms with E-state index in [-0.39, 0.29) is 5.91 Å². The lowest BCUT2D eigenvalue weighted by atomic mass is 10.0. The van der Waals surface area contributed by atoms with Crippen LogP contribution in [0.3, 0.4) is 0 Å². The third kappa shape index (κ3) is 4.64. The molecule has 0 radical (unpaired) electrons. The lowest BCUT2D eigenvalue weighted by molar-refractivity contribution is 0.0964. The van der Waals surface area contributed by atoms with Gasteiger partial charge in [-0.15, -0.1) is 0 Å². The number of halogens is 1. The van der Waals surface area contributed by atoms with Crippen LogP contribution in [0.1, 0.15) is 35.2 Å². The summed E-state index contributed by atoms with van der Waals surface area (Å²) in [5, 5.41) is 9.43. The van der Waals surface area contributed by atoms with Crippen LogP contribution < -0.4 is 20.9 Å². The van der Waals surface area contributed by atoms with Crippen molar-refractivity contribution in [3.05, 3.63) is 64.8 Å². The number of nitrogens with zero attached hydrogens (tertiary/aromatic N) is 3. The summed E-state index contributed by atoms with van der Waals surface area (Å²) in [6.07, 6.45) is 5.19. The number of para-hydroxylation sites is 1. The number of anilines is 5. The molecule has 1 amide bonds. The lowest BCUT2D eigenvalue weighted by Crippen LogP contribution is -2.41. The van der Waals surface area contributed by atoms with Crippen LogP contribution in [0.2, 0.25) is 5.02 Å². The fourth-order valence-electron chi connectivity index (χ4n) is 4.55. The average Bonchev–Trinajstić information content (AvgIpc) is 3.05. The number of hydrogen-bond acceptors (Lipinski definition) is 7. The number of hydrogen-bond donors (Lipinski definition) is 3. The molecule has 1 atom stereocenters. The molecule has 34 heavy (non-hydrogen) atoms. The molecular formula is C25H27ClN6O2. The van der Waals surface area contributed by atoms with E-state index in [1.54, 1.807) is 25.2 Å². The molecule has 3 aromatic rings. The number of nitrogens with one attached hydrogen (secondary N) is 3. The third-order valence-electron chi connectivity index (χ3n) is 6.24. The second-order valence-electron chi connectivity index (χ2n) is 8.47. The zero-order valence-electron chi connectivity index (χ0n) is 19.0. The Balaban J connectivity index is 1.38. The molecule has 1 aromatic heterocycles. The fourth-order valence-corrected chi connectivity index (χ4v) is 4.69. The first-order valence-electron chi connectivity index (χ1n) is 11.5. The Bertz CT molecular complexity index is 1200. The standard InChI is InChI=1S/C25H27ClN6O2/c1-27-24(33)19-7-2-3-8-21(19)30-23-20(26)13-28-25(31-23)29-17-9-10-22-16(12-17)14-34-15-18-6-4-5-11-32(18)22/h2-3,7-10,12-13,18H,4-6,11,14-15H2,1H3,(H,27,33)(H2,28,29,30,31). The fraction of sp³-hybridized carbons (Fsp3) is 0.320. The third-order valence-corrected chi connectivity index (χ3v) is 6.51. The van der Waals surface area contributed by atoms with Gasteiger partial charge in [0.25, 0.3) is 5.91 Å². The van der Waals surface area contributed by atoms with Crippen molar-refractivity contribution in [2.75, 3.05) is 35.7 Å². The predicted molar refractivity (Wildman–Crippen MR) is 135 cm³/mol. The maximum atomic E-state index is 12.2. The van der Waals surface area contributed by atoms with Gasteiger partial charge in [-0.05, 0) is 49.6 Å². The average molecular weight is 479 g/mol. The van der Waals surface area contributed by atoms with Gasteiger partial charge >= 0.3 is 0 Å². The molecule has 0 spiro atoms. The van der Waals surface area contributed by atoms with Crippen molar-refractivity contribution in [2.45, 2.75) is 31.9 Å². The van der Waals surface area contributed by atoms with Crippen LogP contribution in [0.5, 0.6) is 0 Å². The first kappa shape index (κ1) is 22.4. The highest BCUT2D eigenvalue weighted by Crippen LogP contribution is 2.34. The molecule has 1 saturated heterocycles. The smallest absolute Gasteiger partial charge is 0.253 e. The molecule has 0 aliphatic carbocycles. The maximum Gasteiger partial charge on any atom is 0.253 e. The first-order chi connectivity index (χ1) is 16.6. The minimum atomic E-state index is -0.199. The number of aromatic nitrogens is 2. The van der Waals surface area contributed by atoms with Gasteiger partial charge in [-0.2, -0.15) is 4.98 Å². The molecule has 2 aliphatic heterocycles. The number of fused-ring (bicyclic) bond motifs is 3. The van der Waals surface area contributed by atoms with E-state index in [0.29, 0.717) is 40.7 Å². The van der Waals surface area contributed by atoms with Crippen LogP contribution in [0, 0.1) is 0 Å². The Morgan fingerprint density at radius 3 is 2.94 bits per heavy atom. The van der Waals surface area contributed by atoms with Gasteiger partial charge in [0, 0.05) is 30.5 Å². The molecule has 2 aliphatic rings. The zero-order chi connectivity index (χ0) is 23.5. The lowest BCUT2D eigenvalue weighted by Gasteiger charge is -2.36. The molecule has 9 heteroatoms. The van der Waals surface area contributed by atoms with Crippen molar-refractivity contribution >= 4 is 46.3 Å².